The zero-order chi connectivity index (χ0) is 18.4. The number of aromatic carboxylic acids is 1. The Bertz CT molecular complexity index is 1010. The summed E-state index contributed by atoms with van der Waals surface area (Å²) in [4.78, 5) is 25.7. The lowest BCUT2D eigenvalue weighted by Gasteiger charge is -2.30. The topological polar surface area (TPSA) is 95.6 Å². The van der Waals surface area contributed by atoms with Gasteiger partial charge in [-0.2, -0.15) is 5.26 Å². The van der Waals surface area contributed by atoms with Gasteiger partial charge < -0.3 is 19.3 Å². The highest BCUT2D eigenvalue weighted by Gasteiger charge is 2.31. The number of halogens is 1. The summed E-state index contributed by atoms with van der Waals surface area (Å²) in [5.74, 6) is -2.06. The summed E-state index contributed by atoms with van der Waals surface area (Å²) in [6, 6.07) is 3.13. The van der Waals surface area contributed by atoms with Gasteiger partial charge in [0.15, 0.2) is 0 Å². The van der Waals surface area contributed by atoms with E-state index in [9.17, 15) is 24.3 Å². The van der Waals surface area contributed by atoms with Gasteiger partial charge in [0.2, 0.25) is 5.43 Å². The van der Waals surface area contributed by atoms with Gasteiger partial charge in [-0.3, -0.25) is 4.79 Å². The number of nitriles is 1. The third-order valence-electron chi connectivity index (χ3n) is 4.85. The monoisotopic (exact) mass is 357 g/mol. The highest BCUT2D eigenvalue weighted by Crippen LogP contribution is 2.40. The first kappa shape index (κ1) is 16.5. The molecule has 7 nitrogen and oxygen atoms in total. The predicted molar refractivity (Wildman–Crippen MR) is 91.1 cm³/mol. The second-order valence-electron chi connectivity index (χ2n) is 6.50. The van der Waals surface area contributed by atoms with E-state index in [1.807, 2.05) is 6.07 Å². The number of nitrogens with zero attached hydrogens (tertiary/aromatic N) is 3. The van der Waals surface area contributed by atoms with Gasteiger partial charge in [0.1, 0.15) is 23.0 Å². The van der Waals surface area contributed by atoms with Crippen molar-refractivity contribution in [3.05, 3.63) is 39.4 Å². The standard InChI is InChI=1S/C18H16FN3O4/c19-14-7-11-15(12(8-20)16(14)21-3-5-26-6-4-21)22(10-1-2-10)9-13(17(11)23)18(24)25/h7,9-10H,1-6H2,(H,24,25). The minimum absolute atomic E-state index is 0.0197. The third kappa shape index (κ3) is 2.52. The van der Waals surface area contributed by atoms with E-state index < -0.39 is 22.8 Å². The van der Waals surface area contributed by atoms with Crippen molar-refractivity contribution in [3.8, 4) is 6.07 Å². The van der Waals surface area contributed by atoms with E-state index in [2.05, 4.69) is 0 Å². The zero-order valence-corrected chi connectivity index (χ0v) is 13.9. The van der Waals surface area contributed by atoms with Gasteiger partial charge in [0.25, 0.3) is 0 Å². The molecule has 0 bridgehead atoms. The number of pyridine rings is 1. The highest BCUT2D eigenvalue weighted by atomic mass is 19.1. The minimum atomic E-state index is -1.36. The molecule has 1 aromatic carbocycles. The van der Waals surface area contributed by atoms with Crippen molar-refractivity contribution in [3.63, 3.8) is 0 Å². The molecule has 8 heteroatoms. The maximum atomic E-state index is 14.9. The van der Waals surface area contributed by atoms with Crippen molar-refractivity contribution in [2.24, 2.45) is 0 Å². The van der Waals surface area contributed by atoms with Gasteiger partial charge in [0.05, 0.1) is 29.8 Å². The molecule has 2 aromatic rings. The Hall–Kier alpha value is -2.92. The molecule has 2 heterocycles. The number of morpholine rings is 1. The number of aromatic nitrogens is 1. The summed E-state index contributed by atoms with van der Waals surface area (Å²) in [6.45, 7) is 1.74. The number of carboxylic acid groups (broad SMARTS) is 1. The Morgan fingerprint density at radius 2 is 2.04 bits per heavy atom. The highest BCUT2D eigenvalue weighted by molar-refractivity contribution is 5.96. The van der Waals surface area contributed by atoms with Gasteiger partial charge in [-0.05, 0) is 18.9 Å². The summed E-state index contributed by atoms with van der Waals surface area (Å²) in [5, 5.41) is 19.0. The van der Waals surface area contributed by atoms with Crippen LogP contribution in [0, 0.1) is 17.1 Å². The Kier molecular flexibility index (Phi) is 3.89. The van der Waals surface area contributed by atoms with Crippen molar-refractivity contribution in [2.75, 3.05) is 31.2 Å². The van der Waals surface area contributed by atoms with Gasteiger partial charge in [-0.1, -0.05) is 0 Å². The molecule has 2 aliphatic rings. The lowest BCUT2D eigenvalue weighted by molar-refractivity contribution is 0.0695. The first-order valence-corrected chi connectivity index (χ1v) is 8.40. The molecular formula is C18H16FN3O4. The van der Waals surface area contributed by atoms with E-state index in [0.717, 1.165) is 18.9 Å². The van der Waals surface area contributed by atoms with E-state index in [4.69, 9.17) is 4.74 Å². The van der Waals surface area contributed by atoms with E-state index in [1.54, 1.807) is 9.47 Å². The second kappa shape index (κ2) is 6.11. The SMILES string of the molecule is N#Cc1c(N2CCOCC2)c(F)cc2c(=O)c(C(=O)O)cn(C3CC3)c12. The van der Waals surface area contributed by atoms with Crippen LogP contribution >= 0.6 is 0 Å². The largest absolute Gasteiger partial charge is 0.477 e. The first-order chi connectivity index (χ1) is 12.5. The summed E-state index contributed by atoms with van der Waals surface area (Å²) in [5.41, 5.74) is -0.643. The normalized spacial score (nSPS) is 17.3. The van der Waals surface area contributed by atoms with Crippen LogP contribution in [0.5, 0.6) is 0 Å². The quantitative estimate of drug-likeness (QED) is 0.901. The van der Waals surface area contributed by atoms with Crippen LogP contribution in [-0.2, 0) is 4.74 Å². The molecule has 1 aliphatic carbocycles. The van der Waals surface area contributed by atoms with Crippen molar-refractivity contribution >= 4 is 22.6 Å². The molecule has 1 saturated heterocycles. The van der Waals surface area contributed by atoms with Crippen LogP contribution in [-0.4, -0.2) is 41.9 Å². The molecule has 1 N–H and O–H groups in total. The average Bonchev–Trinajstić information content (AvgIpc) is 3.47. The molecular weight excluding hydrogens is 341 g/mol. The molecule has 1 aliphatic heterocycles. The molecule has 0 unspecified atom stereocenters. The summed E-state index contributed by atoms with van der Waals surface area (Å²) >= 11 is 0. The van der Waals surface area contributed by atoms with E-state index >= 15 is 0 Å². The zero-order valence-electron chi connectivity index (χ0n) is 13.9. The molecule has 134 valence electrons. The van der Waals surface area contributed by atoms with Gasteiger partial charge in [0, 0.05) is 25.3 Å². The first-order valence-electron chi connectivity index (χ1n) is 8.40. The van der Waals surface area contributed by atoms with Crippen molar-refractivity contribution in [2.45, 2.75) is 18.9 Å². The maximum absolute atomic E-state index is 14.9. The molecule has 0 radical (unpaired) electrons. The van der Waals surface area contributed by atoms with Crippen LogP contribution in [0.25, 0.3) is 10.9 Å². The van der Waals surface area contributed by atoms with E-state index in [0.29, 0.717) is 31.8 Å². The summed E-state index contributed by atoms with van der Waals surface area (Å²) < 4.78 is 21.8. The fourth-order valence-corrected chi connectivity index (χ4v) is 3.47. The average molecular weight is 357 g/mol. The van der Waals surface area contributed by atoms with E-state index in [-0.39, 0.29) is 22.7 Å². The van der Waals surface area contributed by atoms with Crippen molar-refractivity contribution in [1.82, 2.24) is 4.57 Å². The smallest absolute Gasteiger partial charge is 0.341 e. The molecule has 26 heavy (non-hydrogen) atoms. The van der Waals surface area contributed by atoms with Crippen molar-refractivity contribution in [1.29, 1.82) is 5.26 Å². The molecule has 1 aromatic heterocycles. The molecule has 4 rings (SSSR count). The molecule has 2 fully saturated rings. The Morgan fingerprint density at radius 3 is 2.62 bits per heavy atom. The van der Waals surface area contributed by atoms with Gasteiger partial charge in [-0.25, -0.2) is 9.18 Å². The lowest BCUT2D eigenvalue weighted by atomic mass is 10.0. The Labute approximate surface area is 147 Å². The maximum Gasteiger partial charge on any atom is 0.341 e. The number of rotatable bonds is 3. The van der Waals surface area contributed by atoms with Crippen LogP contribution in [0.1, 0.15) is 34.8 Å². The van der Waals surface area contributed by atoms with Crippen LogP contribution in [0.15, 0.2) is 17.1 Å². The van der Waals surface area contributed by atoms with Crippen LogP contribution in [0.4, 0.5) is 10.1 Å². The Balaban J connectivity index is 2.08. The van der Waals surface area contributed by atoms with Gasteiger partial charge in [-0.15, -0.1) is 0 Å². The number of anilines is 1. The third-order valence-corrected chi connectivity index (χ3v) is 4.85. The number of carbonyl (C=O) groups is 1. The van der Waals surface area contributed by atoms with Crippen LogP contribution in [0.2, 0.25) is 0 Å². The Morgan fingerprint density at radius 1 is 1.35 bits per heavy atom. The summed E-state index contributed by atoms with van der Waals surface area (Å²) in [6.07, 6.45) is 2.94. The lowest BCUT2D eigenvalue weighted by Crippen LogP contribution is -2.37. The van der Waals surface area contributed by atoms with Crippen LogP contribution < -0.4 is 10.3 Å². The van der Waals surface area contributed by atoms with Crippen molar-refractivity contribution < 1.29 is 19.0 Å². The fourth-order valence-electron chi connectivity index (χ4n) is 3.47. The number of hydrogen-bond donors (Lipinski definition) is 1. The summed E-state index contributed by atoms with van der Waals surface area (Å²) in [7, 11) is 0. The number of carboxylic acids is 1. The molecule has 0 spiro atoms. The van der Waals surface area contributed by atoms with Crippen LogP contribution in [0.3, 0.4) is 0 Å². The number of ether oxygens (including phenoxy) is 1. The number of fused-ring (bicyclic) bond motifs is 1. The number of hydrogen-bond acceptors (Lipinski definition) is 5. The predicted octanol–water partition coefficient (Wildman–Crippen LogP) is 1.88. The fraction of sp³-hybridized carbons (Fsp3) is 0.389. The second-order valence-corrected chi connectivity index (χ2v) is 6.50. The van der Waals surface area contributed by atoms with Gasteiger partial charge >= 0.3 is 5.97 Å². The minimum Gasteiger partial charge on any atom is -0.477 e. The molecule has 0 atom stereocenters. The number of benzene rings is 1. The molecule has 1 saturated carbocycles. The molecule has 0 amide bonds. The van der Waals surface area contributed by atoms with E-state index in [1.165, 1.54) is 6.20 Å².